The van der Waals surface area contributed by atoms with Gasteiger partial charge >= 0.3 is 0 Å². The van der Waals surface area contributed by atoms with Crippen LogP contribution in [0.5, 0.6) is 0 Å². The van der Waals surface area contributed by atoms with Crippen molar-refractivity contribution in [3.05, 3.63) is 0 Å². The Morgan fingerprint density at radius 3 is 2.55 bits per heavy atom. The second kappa shape index (κ2) is 3.73. The summed E-state index contributed by atoms with van der Waals surface area (Å²) >= 11 is 0. The third-order valence-electron chi connectivity index (χ3n) is 2.76. The Hall–Kier alpha value is -0.550. The maximum atomic E-state index is 8.73. The number of nitrogens with two attached hydrogens (primary N) is 1. The Morgan fingerprint density at radius 1 is 1.64 bits per heavy atom. The van der Waals surface area contributed by atoms with Crippen molar-refractivity contribution < 1.29 is 0 Å². The molecule has 2 heteroatoms. The van der Waals surface area contributed by atoms with Crippen LogP contribution in [0.1, 0.15) is 32.6 Å². The zero-order valence-corrected chi connectivity index (χ0v) is 7.09. The lowest BCUT2D eigenvalue weighted by Crippen LogP contribution is -2.40. The summed E-state index contributed by atoms with van der Waals surface area (Å²) in [5, 5.41) is 8.73. The van der Waals surface area contributed by atoms with Gasteiger partial charge in [0, 0.05) is 6.04 Å². The number of nitrogens with zero attached hydrogens (tertiary/aromatic N) is 1. The largest absolute Gasteiger partial charge is 0.326 e. The molecule has 0 aromatic carbocycles. The van der Waals surface area contributed by atoms with Gasteiger partial charge in [0.25, 0.3) is 0 Å². The van der Waals surface area contributed by atoms with Gasteiger partial charge in [-0.1, -0.05) is 13.3 Å². The van der Waals surface area contributed by atoms with Crippen molar-refractivity contribution in [1.29, 1.82) is 5.26 Å². The lowest BCUT2D eigenvalue weighted by Gasteiger charge is -2.33. The highest BCUT2D eigenvalue weighted by Crippen LogP contribution is 2.32. The molecule has 11 heavy (non-hydrogen) atoms. The first-order valence-corrected chi connectivity index (χ1v) is 4.44. The molecule has 2 atom stereocenters. The lowest BCUT2D eigenvalue weighted by molar-refractivity contribution is 0.227. The van der Waals surface area contributed by atoms with E-state index in [-0.39, 0.29) is 12.0 Å². The molecule has 2 nitrogen and oxygen atoms in total. The van der Waals surface area contributed by atoms with E-state index in [1.165, 1.54) is 19.3 Å². The highest BCUT2D eigenvalue weighted by molar-refractivity contribution is 4.94. The normalized spacial score (nSPS) is 23.4. The highest BCUT2D eigenvalue weighted by Gasteiger charge is 2.29. The summed E-state index contributed by atoms with van der Waals surface area (Å²) in [5.41, 5.74) is 5.92. The zero-order chi connectivity index (χ0) is 8.27. The highest BCUT2D eigenvalue weighted by atomic mass is 14.7. The van der Waals surface area contributed by atoms with E-state index >= 15 is 0 Å². The van der Waals surface area contributed by atoms with E-state index in [0.717, 1.165) is 6.42 Å². The predicted octanol–water partition coefficient (Wildman–Crippen LogP) is 1.66. The van der Waals surface area contributed by atoms with E-state index in [0.29, 0.717) is 5.92 Å². The summed E-state index contributed by atoms with van der Waals surface area (Å²) < 4.78 is 0. The average molecular weight is 152 g/mol. The summed E-state index contributed by atoms with van der Waals surface area (Å²) in [7, 11) is 0. The molecule has 0 bridgehead atoms. The van der Waals surface area contributed by atoms with E-state index < -0.39 is 0 Å². The third-order valence-corrected chi connectivity index (χ3v) is 2.76. The van der Waals surface area contributed by atoms with Crippen molar-refractivity contribution >= 4 is 0 Å². The minimum atomic E-state index is 0.0836. The van der Waals surface area contributed by atoms with Crippen LogP contribution >= 0.6 is 0 Å². The molecule has 0 aromatic heterocycles. The smallest absolute Gasteiger partial charge is 0.0672 e. The van der Waals surface area contributed by atoms with Crippen molar-refractivity contribution in [2.45, 2.75) is 38.6 Å². The van der Waals surface area contributed by atoms with Crippen molar-refractivity contribution in [1.82, 2.24) is 0 Å². The molecule has 2 N–H and O–H groups in total. The zero-order valence-electron chi connectivity index (χ0n) is 7.09. The lowest BCUT2D eigenvalue weighted by atomic mass is 9.75. The second-order valence-corrected chi connectivity index (χ2v) is 3.41. The predicted molar refractivity (Wildman–Crippen MR) is 44.7 cm³/mol. The molecule has 0 spiro atoms. The maximum absolute atomic E-state index is 8.73. The molecule has 1 aliphatic carbocycles. The molecular weight excluding hydrogens is 136 g/mol. The van der Waals surface area contributed by atoms with E-state index in [1.54, 1.807) is 0 Å². The van der Waals surface area contributed by atoms with E-state index in [2.05, 4.69) is 6.07 Å². The second-order valence-electron chi connectivity index (χ2n) is 3.41. The van der Waals surface area contributed by atoms with Crippen LogP contribution in [0, 0.1) is 23.2 Å². The van der Waals surface area contributed by atoms with Crippen molar-refractivity contribution in [3.63, 3.8) is 0 Å². The van der Waals surface area contributed by atoms with Gasteiger partial charge in [-0.2, -0.15) is 5.26 Å². The Labute approximate surface area is 68.4 Å². The topological polar surface area (TPSA) is 49.8 Å². The van der Waals surface area contributed by atoms with Crippen LogP contribution < -0.4 is 5.73 Å². The van der Waals surface area contributed by atoms with E-state index in [9.17, 15) is 0 Å². The molecule has 1 fully saturated rings. The molecule has 62 valence electrons. The minimum absolute atomic E-state index is 0.0836. The van der Waals surface area contributed by atoms with Gasteiger partial charge in [-0.15, -0.1) is 0 Å². The van der Waals surface area contributed by atoms with Gasteiger partial charge < -0.3 is 5.73 Å². The van der Waals surface area contributed by atoms with Gasteiger partial charge in [0.2, 0.25) is 0 Å². The summed E-state index contributed by atoms with van der Waals surface area (Å²) in [5.74, 6) is 0.722. The summed E-state index contributed by atoms with van der Waals surface area (Å²) in [6.45, 7) is 2.03. The molecule has 1 aliphatic rings. The Kier molecular flexibility index (Phi) is 2.90. The van der Waals surface area contributed by atoms with Gasteiger partial charge in [0.15, 0.2) is 0 Å². The fraction of sp³-hybridized carbons (Fsp3) is 0.889. The van der Waals surface area contributed by atoms with Crippen LogP contribution in [0.2, 0.25) is 0 Å². The number of hydrogen-bond acceptors (Lipinski definition) is 2. The molecule has 2 unspecified atom stereocenters. The van der Waals surface area contributed by atoms with Gasteiger partial charge in [-0.05, 0) is 25.2 Å². The molecule has 1 rings (SSSR count). The van der Waals surface area contributed by atoms with E-state index in [1.807, 2.05) is 6.92 Å². The first-order chi connectivity index (χ1) is 5.29. The molecule has 1 saturated carbocycles. The SMILES string of the molecule is CCC(C#N)C(N)C1CCC1. The molecule has 0 aliphatic heterocycles. The first-order valence-electron chi connectivity index (χ1n) is 4.44. The monoisotopic (exact) mass is 152 g/mol. The number of nitriles is 1. The fourth-order valence-corrected chi connectivity index (χ4v) is 1.60. The Morgan fingerprint density at radius 2 is 2.27 bits per heavy atom. The third kappa shape index (κ3) is 1.72. The van der Waals surface area contributed by atoms with Gasteiger partial charge in [0.05, 0.1) is 12.0 Å². The molecule has 0 heterocycles. The Balaban J connectivity index is 2.38. The van der Waals surface area contributed by atoms with Crippen LogP contribution in [0.3, 0.4) is 0 Å². The van der Waals surface area contributed by atoms with Crippen LogP contribution in [0.15, 0.2) is 0 Å². The molecule has 0 amide bonds. The van der Waals surface area contributed by atoms with Gasteiger partial charge in [-0.3, -0.25) is 0 Å². The standard InChI is InChI=1S/C9H16N2/c1-2-7(6-10)9(11)8-4-3-5-8/h7-9H,2-5,11H2,1H3. The molecule has 0 radical (unpaired) electrons. The van der Waals surface area contributed by atoms with E-state index in [4.69, 9.17) is 11.0 Å². The Bertz CT molecular complexity index is 155. The minimum Gasteiger partial charge on any atom is -0.326 e. The fourth-order valence-electron chi connectivity index (χ4n) is 1.60. The molecule has 0 saturated heterocycles. The van der Waals surface area contributed by atoms with Crippen LogP contribution in [0.25, 0.3) is 0 Å². The molecular formula is C9H16N2. The summed E-state index contributed by atoms with van der Waals surface area (Å²) in [6, 6.07) is 2.41. The summed E-state index contributed by atoms with van der Waals surface area (Å²) in [4.78, 5) is 0. The quantitative estimate of drug-likeness (QED) is 0.668. The maximum Gasteiger partial charge on any atom is 0.0672 e. The van der Waals surface area contributed by atoms with Crippen molar-refractivity contribution in [3.8, 4) is 6.07 Å². The first kappa shape index (κ1) is 8.55. The number of rotatable bonds is 3. The van der Waals surface area contributed by atoms with Crippen LogP contribution in [-0.2, 0) is 0 Å². The van der Waals surface area contributed by atoms with Crippen molar-refractivity contribution in [2.75, 3.05) is 0 Å². The average Bonchev–Trinajstić information content (AvgIpc) is 1.86. The molecule has 0 aromatic rings. The van der Waals surface area contributed by atoms with Crippen LogP contribution in [-0.4, -0.2) is 6.04 Å². The van der Waals surface area contributed by atoms with Gasteiger partial charge in [-0.25, -0.2) is 0 Å². The van der Waals surface area contributed by atoms with Crippen molar-refractivity contribution in [2.24, 2.45) is 17.6 Å². The number of hydrogen-bond donors (Lipinski definition) is 1. The van der Waals surface area contributed by atoms with Gasteiger partial charge in [0.1, 0.15) is 0 Å². The summed E-state index contributed by atoms with van der Waals surface area (Å²) in [6.07, 6.45) is 4.67. The van der Waals surface area contributed by atoms with Crippen LogP contribution in [0.4, 0.5) is 0 Å².